The maximum absolute atomic E-state index is 11.9. The number of likely N-dealkylation sites (tertiary alicyclic amines) is 1. The highest BCUT2D eigenvalue weighted by molar-refractivity contribution is 5.78. The van der Waals surface area contributed by atoms with Crippen molar-refractivity contribution >= 4 is 11.9 Å². The molecule has 1 aliphatic rings. The van der Waals surface area contributed by atoms with E-state index in [1.165, 1.54) is 0 Å². The van der Waals surface area contributed by atoms with E-state index in [0.29, 0.717) is 32.5 Å². The normalized spacial score (nSPS) is 19.2. The van der Waals surface area contributed by atoms with Gasteiger partial charge in [0.05, 0.1) is 5.92 Å². The Labute approximate surface area is 105 Å². The summed E-state index contributed by atoms with van der Waals surface area (Å²) in [6.07, 6.45) is 2.63. The summed E-state index contributed by atoms with van der Waals surface area (Å²) in [6, 6.07) is 1.89. The number of aromatic nitrogens is 2. The molecular formula is C12H17N3O3. The smallest absolute Gasteiger partial charge is 0.308 e. The van der Waals surface area contributed by atoms with Crippen molar-refractivity contribution in [2.45, 2.75) is 26.3 Å². The summed E-state index contributed by atoms with van der Waals surface area (Å²) < 4.78 is 1.78. The average molecular weight is 251 g/mol. The summed E-state index contributed by atoms with van der Waals surface area (Å²) in [6.45, 7) is 3.37. The first-order valence-corrected chi connectivity index (χ1v) is 6.07. The molecule has 1 amide bonds. The van der Waals surface area contributed by atoms with Crippen LogP contribution in [-0.4, -0.2) is 44.8 Å². The second-order valence-corrected chi connectivity index (χ2v) is 4.61. The van der Waals surface area contributed by atoms with Crippen molar-refractivity contribution in [3.05, 3.63) is 18.0 Å². The zero-order chi connectivity index (χ0) is 13.1. The van der Waals surface area contributed by atoms with Gasteiger partial charge in [0.1, 0.15) is 0 Å². The van der Waals surface area contributed by atoms with Gasteiger partial charge in [0.25, 0.3) is 0 Å². The molecule has 0 radical (unpaired) electrons. The van der Waals surface area contributed by atoms with Gasteiger partial charge >= 0.3 is 5.97 Å². The van der Waals surface area contributed by atoms with E-state index in [0.717, 1.165) is 5.69 Å². The van der Waals surface area contributed by atoms with E-state index in [2.05, 4.69) is 5.10 Å². The second-order valence-electron chi connectivity index (χ2n) is 4.61. The zero-order valence-corrected chi connectivity index (χ0v) is 10.4. The SMILES string of the molecule is Cc1ccnn1CCC(=O)N1CC[C@H](C(=O)O)C1. The van der Waals surface area contributed by atoms with Crippen LogP contribution in [0.5, 0.6) is 0 Å². The standard InChI is InChI=1S/C12H17N3O3/c1-9-2-5-13-15(9)7-4-11(16)14-6-3-10(8-14)12(17)18/h2,5,10H,3-4,6-8H2,1H3,(H,17,18)/t10-/m0/s1. The van der Waals surface area contributed by atoms with E-state index in [1.54, 1.807) is 15.8 Å². The van der Waals surface area contributed by atoms with Gasteiger partial charge < -0.3 is 10.0 Å². The molecule has 1 N–H and O–H groups in total. The van der Waals surface area contributed by atoms with E-state index in [1.807, 2.05) is 13.0 Å². The molecule has 2 rings (SSSR count). The molecule has 0 saturated carbocycles. The number of hydrogen-bond donors (Lipinski definition) is 1. The Bertz CT molecular complexity index is 455. The molecule has 0 aliphatic carbocycles. The number of aliphatic carboxylic acids is 1. The Hall–Kier alpha value is -1.85. The Kier molecular flexibility index (Phi) is 3.64. The Morgan fingerprint density at radius 2 is 2.33 bits per heavy atom. The maximum Gasteiger partial charge on any atom is 0.308 e. The fourth-order valence-electron chi connectivity index (χ4n) is 2.18. The lowest BCUT2D eigenvalue weighted by Gasteiger charge is -2.15. The van der Waals surface area contributed by atoms with Crippen molar-refractivity contribution in [1.82, 2.24) is 14.7 Å². The number of hydrogen-bond acceptors (Lipinski definition) is 3. The predicted molar refractivity (Wildman–Crippen MR) is 63.9 cm³/mol. The Balaban J connectivity index is 1.83. The van der Waals surface area contributed by atoms with E-state index >= 15 is 0 Å². The van der Waals surface area contributed by atoms with Crippen LogP contribution in [-0.2, 0) is 16.1 Å². The topological polar surface area (TPSA) is 75.4 Å². The van der Waals surface area contributed by atoms with Gasteiger partial charge in [0.2, 0.25) is 5.91 Å². The quantitative estimate of drug-likeness (QED) is 0.846. The molecule has 1 aromatic heterocycles. The van der Waals surface area contributed by atoms with Crippen LogP contribution in [0.15, 0.2) is 12.3 Å². The number of nitrogens with zero attached hydrogens (tertiary/aromatic N) is 3. The van der Waals surface area contributed by atoms with Gasteiger partial charge in [-0.15, -0.1) is 0 Å². The van der Waals surface area contributed by atoms with Crippen molar-refractivity contribution in [2.75, 3.05) is 13.1 Å². The van der Waals surface area contributed by atoms with Crippen LogP contribution >= 0.6 is 0 Å². The van der Waals surface area contributed by atoms with Crippen LogP contribution in [0.1, 0.15) is 18.5 Å². The van der Waals surface area contributed by atoms with Gasteiger partial charge in [-0.1, -0.05) is 0 Å². The van der Waals surface area contributed by atoms with Crippen molar-refractivity contribution in [3.63, 3.8) is 0 Å². The average Bonchev–Trinajstić information content (AvgIpc) is 2.94. The first kappa shape index (κ1) is 12.6. The molecule has 0 aromatic carbocycles. The molecule has 2 heterocycles. The summed E-state index contributed by atoms with van der Waals surface area (Å²) >= 11 is 0. The number of aryl methyl sites for hydroxylation is 2. The number of carboxylic acid groups (broad SMARTS) is 1. The largest absolute Gasteiger partial charge is 0.481 e. The highest BCUT2D eigenvalue weighted by Gasteiger charge is 2.30. The van der Waals surface area contributed by atoms with Crippen LogP contribution in [0.2, 0.25) is 0 Å². The monoisotopic (exact) mass is 251 g/mol. The molecular weight excluding hydrogens is 234 g/mol. The number of carbonyl (C=O) groups excluding carboxylic acids is 1. The molecule has 98 valence electrons. The lowest BCUT2D eigenvalue weighted by Crippen LogP contribution is -2.30. The van der Waals surface area contributed by atoms with Crippen LogP contribution < -0.4 is 0 Å². The molecule has 1 atom stereocenters. The fraction of sp³-hybridized carbons (Fsp3) is 0.583. The van der Waals surface area contributed by atoms with Crippen LogP contribution in [0, 0.1) is 12.8 Å². The number of rotatable bonds is 4. The first-order valence-electron chi connectivity index (χ1n) is 6.07. The molecule has 18 heavy (non-hydrogen) atoms. The second kappa shape index (κ2) is 5.20. The minimum Gasteiger partial charge on any atom is -0.481 e. The van der Waals surface area contributed by atoms with Gasteiger partial charge in [-0.2, -0.15) is 5.10 Å². The fourth-order valence-corrected chi connectivity index (χ4v) is 2.18. The van der Waals surface area contributed by atoms with E-state index in [9.17, 15) is 9.59 Å². The molecule has 6 nitrogen and oxygen atoms in total. The summed E-state index contributed by atoms with van der Waals surface area (Å²) in [5, 5.41) is 13.0. The summed E-state index contributed by atoms with van der Waals surface area (Å²) in [5.41, 5.74) is 1.02. The first-order chi connectivity index (χ1) is 8.58. The van der Waals surface area contributed by atoms with Gasteiger partial charge in [0.15, 0.2) is 0 Å². The molecule has 0 spiro atoms. The van der Waals surface area contributed by atoms with Crippen molar-refractivity contribution < 1.29 is 14.7 Å². The van der Waals surface area contributed by atoms with Crippen LogP contribution in [0.3, 0.4) is 0 Å². The van der Waals surface area contributed by atoms with Gasteiger partial charge in [-0.05, 0) is 19.4 Å². The van der Waals surface area contributed by atoms with Crippen molar-refractivity contribution in [1.29, 1.82) is 0 Å². The molecule has 6 heteroatoms. The highest BCUT2D eigenvalue weighted by Crippen LogP contribution is 2.17. The summed E-state index contributed by atoms with van der Waals surface area (Å²) in [7, 11) is 0. The highest BCUT2D eigenvalue weighted by atomic mass is 16.4. The van der Waals surface area contributed by atoms with Gasteiger partial charge in [-0.25, -0.2) is 0 Å². The van der Waals surface area contributed by atoms with Gasteiger partial charge in [-0.3, -0.25) is 14.3 Å². The predicted octanol–water partition coefficient (Wildman–Crippen LogP) is 0.515. The van der Waals surface area contributed by atoms with Crippen molar-refractivity contribution in [3.8, 4) is 0 Å². The summed E-state index contributed by atoms with van der Waals surface area (Å²) in [4.78, 5) is 24.4. The Morgan fingerprint density at radius 3 is 2.89 bits per heavy atom. The van der Waals surface area contributed by atoms with E-state index in [4.69, 9.17) is 5.11 Å². The van der Waals surface area contributed by atoms with Gasteiger partial charge in [0, 0.05) is 37.9 Å². The third-order valence-corrected chi connectivity index (χ3v) is 3.36. The van der Waals surface area contributed by atoms with E-state index in [-0.39, 0.29) is 5.91 Å². The number of carboxylic acids is 1. The lowest BCUT2D eigenvalue weighted by molar-refractivity contribution is -0.141. The Morgan fingerprint density at radius 1 is 1.56 bits per heavy atom. The maximum atomic E-state index is 11.9. The molecule has 0 unspecified atom stereocenters. The van der Waals surface area contributed by atoms with E-state index < -0.39 is 11.9 Å². The molecule has 1 aliphatic heterocycles. The van der Waals surface area contributed by atoms with Crippen LogP contribution in [0.25, 0.3) is 0 Å². The zero-order valence-electron chi connectivity index (χ0n) is 10.4. The molecule has 1 saturated heterocycles. The lowest BCUT2D eigenvalue weighted by atomic mass is 10.1. The molecule has 0 bridgehead atoms. The van der Waals surface area contributed by atoms with Crippen LogP contribution in [0.4, 0.5) is 0 Å². The minimum absolute atomic E-state index is 0.00801. The third-order valence-electron chi connectivity index (χ3n) is 3.36. The minimum atomic E-state index is -0.812. The number of carbonyl (C=O) groups is 2. The molecule has 1 aromatic rings. The third kappa shape index (κ3) is 2.69. The molecule has 1 fully saturated rings. The summed E-state index contributed by atoms with van der Waals surface area (Å²) in [5.74, 6) is -1.21. The van der Waals surface area contributed by atoms with Crippen molar-refractivity contribution in [2.24, 2.45) is 5.92 Å². The number of amides is 1.